The van der Waals surface area contributed by atoms with E-state index < -0.39 is 12.3 Å². The van der Waals surface area contributed by atoms with Gasteiger partial charge in [-0.3, -0.25) is 0 Å². The molecule has 10 heavy (non-hydrogen) atoms. The van der Waals surface area contributed by atoms with Gasteiger partial charge in [-0.05, 0) is 12.8 Å². The second-order valence-corrected chi connectivity index (χ2v) is 2.75. The Bertz CT molecular complexity index is 108. The molecule has 1 saturated carbocycles. The van der Waals surface area contributed by atoms with E-state index in [9.17, 15) is 4.39 Å². The summed E-state index contributed by atoms with van der Waals surface area (Å²) in [6.07, 6.45) is -0.182. The van der Waals surface area contributed by atoms with Crippen LogP contribution < -0.4 is 0 Å². The monoisotopic (exact) mass is 148 g/mol. The van der Waals surface area contributed by atoms with Gasteiger partial charge in [0.25, 0.3) is 0 Å². The van der Waals surface area contributed by atoms with Crippen LogP contribution in [0.4, 0.5) is 4.39 Å². The highest BCUT2D eigenvalue weighted by Gasteiger charge is 2.28. The summed E-state index contributed by atoms with van der Waals surface area (Å²) >= 11 is 0. The van der Waals surface area contributed by atoms with E-state index in [4.69, 9.17) is 9.84 Å². The highest BCUT2D eigenvalue weighted by atomic mass is 19.1. The van der Waals surface area contributed by atoms with Gasteiger partial charge in [0.05, 0.1) is 12.2 Å². The average Bonchev–Trinajstić information content (AvgIpc) is 1.95. The van der Waals surface area contributed by atoms with Crippen LogP contribution >= 0.6 is 0 Å². The maximum absolute atomic E-state index is 12.7. The topological polar surface area (TPSA) is 29.5 Å². The highest BCUT2D eigenvalue weighted by Crippen LogP contribution is 2.23. The zero-order chi connectivity index (χ0) is 7.56. The van der Waals surface area contributed by atoms with E-state index in [0.717, 1.165) is 6.42 Å². The van der Waals surface area contributed by atoms with Gasteiger partial charge in [0.15, 0.2) is 0 Å². The Labute approximate surface area is 60.0 Å². The van der Waals surface area contributed by atoms with Crippen LogP contribution in [0.5, 0.6) is 0 Å². The summed E-state index contributed by atoms with van der Waals surface area (Å²) in [7, 11) is 1.58. The van der Waals surface area contributed by atoms with E-state index in [1.54, 1.807) is 7.11 Å². The SMILES string of the molecule is COC1CCC(O)C(F)C1. The maximum atomic E-state index is 12.7. The van der Waals surface area contributed by atoms with Crippen molar-refractivity contribution in [2.45, 2.75) is 37.6 Å². The number of alkyl halides is 1. The van der Waals surface area contributed by atoms with Crippen molar-refractivity contribution in [1.29, 1.82) is 0 Å². The van der Waals surface area contributed by atoms with Crippen LogP contribution in [0.3, 0.4) is 0 Å². The van der Waals surface area contributed by atoms with Crippen LogP contribution in [-0.2, 0) is 4.74 Å². The smallest absolute Gasteiger partial charge is 0.128 e. The molecule has 0 aromatic rings. The van der Waals surface area contributed by atoms with Crippen LogP contribution in [0.1, 0.15) is 19.3 Å². The summed E-state index contributed by atoms with van der Waals surface area (Å²) in [6.45, 7) is 0. The Morgan fingerprint density at radius 1 is 1.50 bits per heavy atom. The normalized spacial score (nSPS) is 41.7. The molecule has 60 valence electrons. The predicted molar refractivity (Wildman–Crippen MR) is 35.6 cm³/mol. The van der Waals surface area contributed by atoms with E-state index >= 15 is 0 Å². The number of aliphatic hydroxyl groups is 1. The Balaban J connectivity index is 2.33. The Kier molecular flexibility index (Phi) is 2.63. The first-order chi connectivity index (χ1) is 4.74. The number of hydrogen-bond donors (Lipinski definition) is 1. The van der Waals surface area contributed by atoms with Gasteiger partial charge in [-0.2, -0.15) is 0 Å². The molecule has 1 N–H and O–H groups in total. The summed E-state index contributed by atoms with van der Waals surface area (Å²) in [4.78, 5) is 0. The third kappa shape index (κ3) is 1.67. The molecule has 3 atom stereocenters. The van der Waals surface area contributed by atoms with Gasteiger partial charge in [0.1, 0.15) is 6.17 Å². The molecule has 0 aromatic carbocycles. The average molecular weight is 148 g/mol. The van der Waals surface area contributed by atoms with Crippen molar-refractivity contribution in [3.8, 4) is 0 Å². The molecule has 3 unspecified atom stereocenters. The molecule has 1 rings (SSSR count). The van der Waals surface area contributed by atoms with E-state index in [1.807, 2.05) is 0 Å². The second-order valence-electron chi connectivity index (χ2n) is 2.75. The zero-order valence-electron chi connectivity index (χ0n) is 6.09. The van der Waals surface area contributed by atoms with E-state index in [-0.39, 0.29) is 6.10 Å². The molecule has 1 aliphatic carbocycles. The lowest BCUT2D eigenvalue weighted by Crippen LogP contribution is -2.33. The molecule has 0 radical (unpaired) electrons. The molecule has 0 heterocycles. The van der Waals surface area contributed by atoms with Crippen molar-refractivity contribution in [1.82, 2.24) is 0 Å². The van der Waals surface area contributed by atoms with Crippen LogP contribution in [-0.4, -0.2) is 30.6 Å². The quantitative estimate of drug-likeness (QED) is 0.598. The van der Waals surface area contributed by atoms with E-state index in [2.05, 4.69) is 0 Å². The Morgan fingerprint density at radius 2 is 2.20 bits per heavy atom. The minimum atomic E-state index is -1.08. The van der Waals surface area contributed by atoms with Crippen molar-refractivity contribution in [3.05, 3.63) is 0 Å². The minimum absolute atomic E-state index is 0.0124. The lowest BCUT2D eigenvalue weighted by atomic mass is 9.93. The van der Waals surface area contributed by atoms with Crippen molar-refractivity contribution >= 4 is 0 Å². The first-order valence-corrected chi connectivity index (χ1v) is 3.59. The van der Waals surface area contributed by atoms with Crippen molar-refractivity contribution in [2.75, 3.05) is 7.11 Å². The summed E-state index contributed by atoms with van der Waals surface area (Å²) in [5.74, 6) is 0. The standard InChI is InChI=1S/C7H13FO2/c1-10-5-2-3-7(9)6(8)4-5/h5-7,9H,2-4H2,1H3. The zero-order valence-corrected chi connectivity index (χ0v) is 6.09. The van der Waals surface area contributed by atoms with Gasteiger partial charge in [0.2, 0.25) is 0 Å². The maximum Gasteiger partial charge on any atom is 0.128 e. The van der Waals surface area contributed by atoms with Crippen LogP contribution in [0.25, 0.3) is 0 Å². The molecular weight excluding hydrogens is 135 g/mol. The molecule has 1 aliphatic rings. The second kappa shape index (κ2) is 3.30. The number of aliphatic hydroxyl groups excluding tert-OH is 1. The third-order valence-corrected chi connectivity index (χ3v) is 2.02. The van der Waals surface area contributed by atoms with Gasteiger partial charge < -0.3 is 9.84 Å². The summed E-state index contributed by atoms with van der Waals surface area (Å²) in [6, 6.07) is 0. The molecular formula is C7H13FO2. The minimum Gasteiger partial charge on any atom is -0.390 e. The first-order valence-electron chi connectivity index (χ1n) is 3.59. The van der Waals surface area contributed by atoms with Crippen molar-refractivity contribution in [2.24, 2.45) is 0 Å². The fourth-order valence-electron chi connectivity index (χ4n) is 1.28. The van der Waals surface area contributed by atoms with Crippen molar-refractivity contribution in [3.63, 3.8) is 0 Å². The summed E-state index contributed by atoms with van der Waals surface area (Å²) < 4.78 is 17.6. The molecule has 0 amide bonds. The molecule has 0 aliphatic heterocycles. The fraction of sp³-hybridized carbons (Fsp3) is 1.00. The molecule has 0 bridgehead atoms. The molecule has 3 heteroatoms. The Hall–Kier alpha value is -0.150. The number of methoxy groups -OCH3 is 1. The van der Waals surface area contributed by atoms with E-state index in [1.165, 1.54) is 0 Å². The lowest BCUT2D eigenvalue weighted by molar-refractivity contribution is -0.0267. The highest BCUT2D eigenvalue weighted by molar-refractivity contribution is 4.79. The summed E-state index contributed by atoms with van der Waals surface area (Å²) in [5, 5.41) is 8.96. The molecule has 0 saturated heterocycles. The molecule has 0 aromatic heterocycles. The summed E-state index contributed by atoms with van der Waals surface area (Å²) in [5.41, 5.74) is 0. The van der Waals surface area contributed by atoms with Gasteiger partial charge in [0, 0.05) is 13.5 Å². The number of ether oxygens (including phenoxy) is 1. The van der Waals surface area contributed by atoms with Gasteiger partial charge in [-0.1, -0.05) is 0 Å². The van der Waals surface area contributed by atoms with Crippen LogP contribution in [0.15, 0.2) is 0 Å². The Morgan fingerprint density at radius 3 is 2.70 bits per heavy atom. The molecule has 2 nitrogen and oxygen atoms in total. The largest absolute Gasteiger partial charge is 0.390 e. The third-order valence-electron chi connectivity index (χ3n) is 2.02. The lowest BCUT2D eigenvalue weighted by Gasteiger charge is -2.27. The first kappa shape index (κ1) is 7.95. The van der Waals surface area contributed by atoms with Gasteiger partial charge in [-0.15, -0.1) is 0 Å². The van der Waals surface area contributed by atoms with Crippen LogP contribution in [0.2, 0.25) is 0 Å². The number of hydrogen-bond acceptors (Lipinski definition) is 2. The van der Waals surface area contributed by atoms with Crippen LogP contribution in [0, 0.1) is 0 Å². The predicted octanol–water partition coefficient (Wildman–Crippen LogP) is 0.884. The fourth-order valence-corrected chi connectivity index (χ4v) is 1.28. The van der Waals surface area contributed by atoms with Gasteiger partial charge in [-0.25, -0.2) is 4.39 Å². The van der Waals surface area contributed by atoms with Gasteiger partial charge >= 0.3 is 0 Å². The number of halogens is 1. The molecule has 0 spiro atoms. The number of rotatable bonds is 1. The van der Waals surface area contributed by atoms with E-state index in [0.29, 0.717) is 12.8 Å². The molecule has 1 fully saturated rings. The van der Waals surface area contributed by atoms with Crippen molar-refractivity contribution < 1.29 is 14.2 Å².